The Balaban J connectivity index is 1.92. The van der Waals surface area contributed by atoms with E-state index in [4.69, 9.17) is 11.6 Å². The van der Waals surface area contributed by atoms with Crippen molar-refractivity contribution in [1.29, 1.82) is 0 Å². The number of nitrogens with one attached hydrogen (secondary N) is 2. The van der Waals surface area contributed by atoms with Gasteiger partial charge in [-0.05, 0) is 12.1 Å². The molecule has 8 heteroatoms. The zero-order valence-corrected chi connectivity index (χ0v) is 14.0. The first-order chi connectivity index (χ1) is 11.4. The van der Waals surface area contributed by atoms with Gasteiger partial charge in [0.15, 0.2) is 21.0 Å². The fourth-order valence-corrected chi connectivity index (χ4v) is 4.18. The van der Waals surface area contributed by atoms with E-state index in [-0.39, 0.29) is 23.5 Å². The first-order valence-corrected chi connectivity index (χ1v) is 9.29. The van der Waals surface area contributed by atoms with Crippen LogP contribution in [-0.4, -0.2) is 32.0 Å². The fourth-order valence-electron chi connectivity index (χ4n) is 2.55. The Kier molecular flexibility index (Phi) is 4.58. The minimum Gasteiger partial charge on any atom is -0.321 e. The highest BCUT2D eigenvalue weighted by Crippen LogP contribution is 2.32. The van der Waals surface area contributed by atoms with Crippen molar-refractivity contribution >= 4 is 33.0 Å². The minimum atomic E-state index is -3.55. The zero-order valence-electron chi connectivity index (χ0n) is 12.4. The summed E-state index contributed by atoms with van der Waals surface area (Å²) in [5, 5.41) is 3.95. The van der Waals surface area contributed by atoms with E-state index in [1.54, 1.807) is 30.3 Å². The molecule has 2 N–H and O–H groups in total. The maximum absolute atomic E-state index is 14.7. The molecule has 1 heterocycles. The third-order valence-corrected chi connectivity index (χ3v) is 5.94. The van der Waals surface area contributed by atoms with Gasteiger partial charge in [-0.1, -0.05) is 41.9 Å². The average Bonchev–Trinajstić information content (AvgIpc) is 2.90. The van der Waals surface area contributed by atoms with Crippen LogP contribution < -0.4 is 10.6 Å². The number of hydrogen-bond acceptors (Lipinski definition) is 4. The maximum Gasteiger partial charge on any atom is 0.257 e. The molecule has 0 aromatic heterocycles. The molecule has 1 atom stereocenters. The number of benzene rings is 2. The van der Waals surface area contributed by atoms with Crippen LogP contribution in [0.2, 0.25) is 5.02 Å². The molecule has 24 heavy (non-hydrogen) atoms. The Morgan fingerprint density at radius 1 is 1.17 bits per heavy atom. The summed E-state index contributed by atoms with van der Waals surface area (Å²) in [7, 11) is -3.55. The van der Waals surface area contributed by atoms with Gasteiger partial charge in [0, 0.05) is 22.7 Å². The Morgan fingerprint density at radius 2 is 1.88 bits per heavy atom. The summed E-state index contributed by atoms with van der Waals surface area (Å²) in [6.45, 7) is 0.197. The van der Waals surface area contributed by atoms with Crippen LogP contribution in [-0.2, 0) is 14.6 Å². The maximum atomic E-state index is 14.7. The number of halogens is 2. The van der Waals surface area contributed by atoms with Crippen molar-refractivity contribution in [3.63, 3.8) is 0 Å². The summed E-state index contributed by atoms with van der Waals surface area (Å²) in [5.74, 6) is -1.59. The summed E-state index contributed by atoms with van der Waals surface area (Å²) in [4.78, 5) is 12.2. The van der Waals surface area contributed by atoms with Gasteiger partial charge in [0.2, 0.25) is 0 Å². The van der Waals surface area contributed by atoms with Crippen molar-refractivity contribution in [2.24, 2.45) is 0 Å². The van der Waals surface area contributed by atoms with Crippen LogP contribution in [0.25, 0.3) is 11.1 Å². The highest BCUT2D eigenvalue weighted by atomic mass is 35.5. The van der Waals surface area contributed by atoms with E-state index in [1.807, 2.05) is 0 Å². The van der Waals surface area contributed by atoms with Gasteiger partial charge in [0.1, 0.15) is 0 Å². The zero-order chi connectivity index (χ0) is 17.3. The number of hydrogen-bond donors (Lipinski definition) is 2. The van der Waals surface area contributed by atoms with E-state index in [1.165, 1.54) is 12.1 Å². The van der Waals surface area contributed by atoms with Crippen molar-refractivity contribution < 1.29 is 17.6 Å². The van der Waals surface area contributed by atoms with E-state index in [0.29, 0.717) is 10.6 Å². The molecule has 1 aliphatic rings. The lowest BCUT2D eigenvalue weighted by molar-refractivity contribution is -0.116. The van der Waals surface area contributed by atoms with Gasteiger partial charge in [0.25, 0.3) is 5.91 Å². The van der Waals surface area contributed by atoms with Crippen LogP contribution in [0, 0.1) is 5.82 Å². The molecule has 2 aromatic rings. The van der Waals surface area contributed by atoms with Crippen LogP contribution in [0.5, 0.6) is 0 Å². The quantitative estimate of drug-likeness (QED) is 0.872. The van der Waals surface area contributed by atoms with E-state index in [9.17, 15) is 17.6 Å². The monoisotopic (exact) mass is 368 g/mol. The summed E-state index contributed by atoms with van der Waals surface area (Å²) in [5.41, 5.74) is 0.612. The first-order valence-electron chi connectivity index (χ1n) is 7.19. The second-order valence-electron chi connectivity index (χ2n) is 5.34. The van der Waals surface area contributed by atoms with Crippen molar-refractivity contribution in [3.05, 3.63) is 53.3 Å². The van der Waals surface area contributed by atoms with Gasteiger partial charge in [-0.3, -0.25) is 10.1 Å². The SMILES string of the molecule is O=C(Nc1cccc(-c2ccccc2Cl)c1F)[C@H]1NCCS1(=O)=O. The Morgan fingerprint density at radius 3 is 2.54 bits per heavy atom. The van der Waals surface area contributed by atoms with Crippen LogP contribution in [0.1, 0.15) is 0 Å². The van der Waals surface area contributed by atoms with Gasteiger partial charge in [-0.2, -0.15) is 0 Å². The summed E-state index contributed by atoms with van der Waals surface area (Å²) in [6, 6.07) is 11.2. The normalized spacial score (nSPS) is 19.2. The molecule has 0 radical (unpaired) electrons. The largest absolute Gasteiger partial charge is 0.321 e. The van der Waals surface area contributed by atoms with Gasteiger partial charge >= 0.3 is 0 Å². The minimum absolute atomic E-state index is 0.0960. The molecular formula is C16H14ClFN2O3S. The fraction of sp³-hybridized carbons (Fsp3) is 0.188. The molecule has 5 nitrogen and oxygen atoms in total. The molecular weight excluding hydrogens is 355 g/mol. The topological polar surface area (TPSA) is 75.3 Å². The van der Waals surface area contributed by atoms with Gasteiger partial charge in [-0.25, -0.2) is 12.8 Å². The number of rotatable bonds is 3. The van der Waals surface area contributed by atoms with Crippen molar-refractivity contribution in [1.82, 2.24) is 5.32 Å². The Hall–Kier alpha value is -1.96. The predicted molar refractivity (Wildman–Crippen MR) is 91.1 cm³/mol. The number of carbonyl (C=O) groups is 1. The lowest BCUT2D eigenvalue weighted by Crippen LogP contribution is -2.40. The molecule has 0 aliphatic carbocycles. The van der Waals surface area contributed by atoms with Crippen LogP contribution in [0.15, 0.2) is 42.5 Å². The summed E-state index contributed by atoms with van der Waals surface area (Å²) in [6.07, 6.45) is 0. The molecule has 1 saturated heterocycles. The number of anilines is 1. The van der Waals surface area contributed by atoms with Crippen molar-refractivity contribution in [3.8, 4) is 11.1 Å². The molecule has 1 aliphatic heterocycles. The highest BCUT2D eigenvalue weighted by Gasteiger charge is 2.37. The van der Waals surface area contributed by atoms with Gasteiger partial charge in [0.05, 0.1) is 11.4 Å². The van der Waals surface area contributed by atoms with Crippen LogP contribution >= 0.6 is 11.6 Å². The van der Waals surface area contributed by atoms with Crippen LogP contribution in [0.3, 0.4) is 0 Å². The molecule has 0 spiro atoms. The Labute approximate surface area is 143 Å². The summed E-state index contributed by atoms with van der Waals surface area (Å²) < 4.78 is 38.3. The average molecular weight is 369 g/mol. The van der Waals surface area contributed by atoms with Crippen molar-refractivity contribution in [2.45, 2.75) is 5.37 Å². The van der Waals surface area contributed by atoms with E-state index >= 15 is 0 Å². The Bertz CT molecular complexity index is 902. The smallest absolute Gasteiger partial charge is 0.257 e. The lowest BCUT2D eigenvalue weighted by atomic mass is 10.0. The van der Waals surface area contributed by atoms with E-state index < -0.39 is 26.9 Å². The summed E-state index contributed by atoms with van der Waals surface area (Å²) >= 11 is 6.09. The first kappa shape index (κ1) is 16.9. The molecule has 1 amide bonds. The lowest BCUT2D eigenvalue weighted by Gasteiger charge is -2.13. The number of sulfone groups is 1. The molecule has 0 saturated carbocycles. The molecule has 1 fully saturated rings. The van der Waals surface area contributed by atoms with E-state index in [2.05, 4.69) is 10.6 Å². The third kappa shape index (κ3) is 3.15. The van der Waals surface area contributed by atoms with Crippen molar-refractivity contribution in [2.75, 3.05) is 17.6 Å². The standard InChI is InChI=1S/C16H14ClFN2O3S/c17-12-6-2-1-4-10(12)11-5-3-7-13(14(11)18)20-15(21)16-19-8-9-24(16,22)23/h1-7,16,19H,8-9H2,(H,20,21)/t16-/m0/s1. The third-order valence-electron chi connectivity index (χ3n) is 3.73. The molecule has 0 bridgehead atoms. The van der Waals surface area contributed by atoms with E-state index in [0.717, 1.165) is 0 Å². The molecule has 3 rings (SSSR count). The number of amides is 1. The second kappa shape index (κ2) is 6.51. The van der Waals surface area contributed by atoms with Gasteiger partial charge < -0.3 is 5.32 Å². The molecule has 0 unspecified atom stereocenters. The predicted octanol–water partition coefficient (Wildman–Crippen LogP) is 2.43. The molecule has 126 valence electrons. The molecule has 2 aromatic carbocycles. The van der Waals surface area contributed by atoms with Gasteiger partial charge in [-0.15, -0.1) is 0 Å². The second-order valence-corrected chi connectivity index (χ2v) is 7.95. The van der Waals surface area contributed by atoms with Crippen LogP contribution in [0.4, 0.5) is 10.1 Å². The number of carbonyl (C=O) groups excluding carboxylic acids is 1. The highest BCUT2D eigenvalue weighted by molar-refractivity contribution is 7.93.